The number of carbonyl (C=O) groups excluding carboxylic acids is 1. The number of nitrogens with one attached hydrogen (secondary N) is 1. The molecule has 0 saturated heterocycles. The van der Waals surface area contributed by atoms with E-state index < -0.39 is 11.7 Å². The van der Waals surface area contributed by atoms with E-state index in [1.807, 2.05) is 0 Å². The van der Waals surface area contributed by atoms with Gasteiger partial charge >= 0.3 is 0 Å². The molecule has 2 rings (SSSR count). The molecule has 0 fully saturated rings. The standard InChI is InChI=1S/C13H11ClFN3O/c14-9-6-7(15)4-5-10(9)18-11-3-1-2-8(12(11)16)13(17)19/h1-6,18H,16H2,(H2,17,19). The van der Waals surface area contributed by atoms with Crippen LogP contribution in [0.2, 0.25) is 5.02 Å². The highest BCUT2D eigenvalue weighted by atomic mass is 35.5. The summed E-state index contributed by atoms with van der Waals surface area (Å²) in [6, 6.07) is 8.75. The monoisotopic (exact) mass is 279 g/mol. The third-order valence-electron chi connectivity index (χ3n) is 2.57. The summed E-state index contributed by atoms with van der Waals surface area (Å²) in [5, 5.41) is 3.14. The van der Waals surface area contributed by atoms with Crippen molar-refractivity contribution in [2.75, 3.05) is 11.1 Å². The summed E-state index contributed by atoms with van der Waals surface area (Å²) < 4.78 is 12.9. The quantitative estimate of drug-likeness (QED) is 0.756. The first-order valence-corrected chi connectivity index (χ1v) is 5.77. The summed E-state index contributed by atoms with van der Waals surface area (Å²) in [6.07, 6.45) is 0. The van der Waals surface area contributed by atoms with Gasteiger partial charge in [0, 0.05) is 0 Å². The Morgan fingerprint density at radius 2 is 1.95 bits per heavy atom. The fourth-order valence-electron chi connectivity index (χ4n) is 1.63. The molecule has 0 unspecified atom stereocenters. The van der Waals surface area contributed by atoms with Crippen molar-refractivity contribution in [3.05, 3.63) is 52.8 Å². The number of nitrogen functional groups attached to an aromatic ring is 1. The Bertz CT molecular complexity index is 646. The van der Waals surface area contributed by atoms with Crippen molar-refractivity contribution in [3.8, 4) is 0 Å². The second kappa shape index (κ2) is 5.16. The van der Waals surface area contributed by atoms with Crippen LogP contribution in [0, 0.1) is 5.82 Å². The number of halogens is 2. The van der Waals surface area contributed by atoms with Gasteiger partial charge < -0.3 is 16.8 Å². The summed E-state index contributed by atoms with van der Waals surface area (Å²) in [5.74, 6) is -1.05. The smallest absolute Gasteiger partial charge is 0.250 e. The van der Waals surface area contributed by atoms with E-state index in [0.717, 1.165) is 0 Å². The van der Waals surface area contributed by atoms with Crippen LogP contribution in [0.3, 0.4) is 0 Å². The molecule has 0 aliphatic heterocycles. The number of anilines is 3. The van der Waals surface area contributed by atoms with Crippen molar-refractivity contribution >= 4 is 34.6 Å². The van der Waals surface area contributed by atoms with Crippen molar-refractivity contribution in [3.63, 3.8) is 0 Å². The third kappa shape index (κ3) is 2.77. The molecule has 0 aromatic heterocycles. The number of para-hydroxylation sites is 1. The Kier molecular flexibility index (Phi) is 3.57. The molecule has 0 spiro atoms. The van der Waals surface area contributed by atoms with Gasteiger partial charge in [0.05, 0.1) is 27.6 Å². The second-order valence-corrected chi connectivity index (χ2v) is 4.29. The summed E-state index contributed by atoms with van der Waals surface area (Å²) in [4.78, 5) is 11.2. The van der Waals surface area contributed by atoms with Crippen molar-refractivity contribution < 1.29 is 9.18 Å². The lowest BCUT2D eigenvalue weighted by atomic mass is 10.1. The number of amides is 1. The molecule has 0 radical (unpaired) electrons. The van der Waals surface area contributed by atoms with Crippen LogP contribution in [0.1, 0.15) is 10.4 Å². The maximum absolute atomic E-state index is 12.9. The topological polar surface area (TPSA) is 81.1 Å². The molecule has 6 heteroatoms. The van der Waals surface area contributed by atoms with Gasteiger partial charge in [0.25, 0.3) is 5.91 Å². The van der Waals surface area contributed by atoms with Crippen LogP contribution >= 0.6 is 11.6 Å². The van der Waals surface area contributed by atoms with E-state index >= 15 is 0 Å². The molecule has 0 heterocycles. The first kappa shape index (κ1) is 13.2. The molecule has 19 heavy (non-hydrogen) atoms. The maximum atomic E-state index is 12.9. The van der Waals surface area contributed by atoms with E-state index in [9.17, 15) is 9.18 Å². The van der Waals surface area contributed by atoms with Crippen LogP contribution in [-0.4, -0.2) is 5.91 Å². The predicted molar refractivity (Wildman–Crippen MR) is 74.1 cm³/mol. The first-order chi connectivity index (χ1) is 8.99. The number of carbonyl (C=O) groups is 1. The van der Waals surface area contributed by atoms with Crippen molar-refractivity contribution in [2.45, 2.75) is 0 Å². The van der Waals surface area contributed by atoms with Gasteiger partial charge in [-0.3, -0.25) is 4.79 Å². The van der Waals surface area contributed by atoms with E-state index in [2.05, 4.69) is 5.32 Å². The van der Waals surface area contributed by atoms with Gasteiger partial charge in [-0.25, -0.2) is 4.39 Å². The summed E-state index contributed by atoms with van der Waals surface area (Å²) in [5.41, 5.74) is 12.4. The SMILES string of the molecule is NC(=O)c1cccc(Nc2ccc(F)cc2Cl)c1N. The fourth-order valence-corrected chi connectivity index (χ4v) is 1.84. The predicted octanol–water partition coefficient (Wildman–Crippen LogP) is 2.90. The van der Waals surface area contributed by atoms with E-state index in [4.69, 9.17) is 23.1 Å². The molecule has 0 saturated carbocycles. The number of benzene rings is 2. The zero-order valence-corrected chi connectivity index (χ0v) is 10.5. The van der Waals surface area contributed by atoms with Gasteiger partial charge in [0.15, 0.2) is 0 Å². The van der Waals surface area contributed by atoms with Gasteiger partial charge in [-0.1, -0.05) is 17.7 Å². The average molecular weight is 280 g/mol. The van der Waals surface area contributed by atoms with E-state index in [1.54, 1.807) is 12.1 Å². The highest BCUT2D eigenvalue weighted by Crippen LogP contribution is 2.30. The summed E-state index contributed by atoms with van der Waals surface area (Å²) in [7, 11) is 0. The Balaban J connectivity index is 2.38. The second-order valence-electron chi connectivity index (χ2n) is 3.88. The Morgan fingerprint density at radius 3 is 2.58 bits per heavy atom. The highest BCUT2D eigenvalue weighted by Gasteiger charge is 2.10. The fraction of sp³-hybridized carbons (Fsp3) is 0. The molecule has 1 amide bonds. The molecule has 0 atom stereocenters. The minimum absolute atomic E-state index is 0.211. The lowest BCUT2D eigenvalue weighted by molar-refractivity contribution is 0.100. The normalized spacial score (nSPS) is 10.2. The van der Waals surface area contributed by atoms with Crippen molar-refractivity contribution in [2.24, 2.45) is 5.73 Å². The van der Waals surface area contributed by atoms with Crippen LogP contribution < -0.4 is 16.8 Å². The summed E-state index contributed by atoms with van der Waals surface area (Å²) in [6.45, 7) is 0. The van der Waals surface area contributed by atoms with E-state index in [-0.39, 0.29) is 16.3 Å². The number of rotatable bonds is 3. The molecule has 0 bridgehead atoms. The van der Waals surface area contributed by atoms with Crippen LogP contribution in [0.15, 0.2) is 36.4 Å². The first-order valence-electron chi connectivity index (χ1n) is 5.39. The number of hydrogen-bond acceptors (Lipinski definition) is 3. The Labute approximate surface area is 114 Å². The molecular weight excluding hydrogens is 269 g/mol. The zero-order valence-electron chi connectivity index (χ0n) is 9.78. The molecule has 5 N–H and O–H groups in total. The largest absolute Gasteiger partial charge is 0.396 e. The molecule has 0 aliphatic rings. The number of nitrogens with two attached hydrogens (primary N) is 2. The number of primary amides is 1. The molecule has 98 valence electrons. The van der Waals surface area contributed by atoms with Gasteiger partial charge in [0.1, 0.15) is 5.82 Å². The Morgan fingerprint density at radius 1 is 1.21 bits per heavy atom. The Hall–Kier alpha value is -2.27. The van der Waals surface area contributed by atoms with Gasteiger partial charge in [-0.05, 0) is 30.3 Å². The minimum atomic E-state index is -0.619. The van der Waals surface area contributed by atoms with Crippen molar-refractivity contribution in [1.82, 2.24) is 0 Å². The van der Waals surface area contributed by atoms with E-state index in [0.29, 0.717) is 11.4 Å². The summed E-state index contributed by atoms with van der Waals surface area (Å²) >= 11 is 5.90. The zero-order chi connectivity index (χ0) is 14.0. The van der Waals surface area contributed by atoms with Crippen LogP contribution in [0.5, 0.6) is 0 Å². The van der Waals surface area contributed by atoms with Gasteiger partial charge in [-0.15, -0.1) is 0 Å². The molecule has 0 aliphatic carbocycles. The third-order valence-corrected chi connectivity index (χ3v) is 2.88. The highest BCUT2D eigenvalue weighted by molar-refractivity contribution is 6.33. The molecular formula is C13H11ClFN3O. The number of hydrogen-bond donors (Lipinski definition) is 3. The lowest BCUT2D eigenvalue weighted by Gasteiger charge is -2.12. The minimum Gasteiger partial charge on any atom is -0.396 e. The van der Waals surface area contributed by atoms with Crippen LogP contribution in [0.25, 0.3) is 0 Å². The van der Waals surface area contributed by atoms with Crippen molar-refractivity contribution in [1.29, 1.82) is 0 Å². The maximum Gasteiger partial charge on any atom is 0.250 e. The van der Waals surface area contributed by atoms with Gasteiger partial charge in [0.2, 0.25) is 0 Å². The average Bonchev–Trinajstić information content (AvgIpc) is 2.34. The molecule has 2 aromatic rings. The lowest BCUT2D eigenvalue weighted by Crippen LogP contribution is -2.14. The molecule has 2 aromatic carbocycles. The van der Waals surface area contributed by atoms with E-state index in [1.165, 1.54) is 24.3 Å². The van der Waals surface area contributed by atoms with Crippen LogP contribution in [0.4, 0.5) is 21.5 Å². The molecule has 4 nitrogen and oxygen atoms in total. The van der Waals surface area contributed by atoms with Gasteiger partial charge in [-0.2, -0.15) is 0 Å². The van der Waals surface area contributed by atoms with Crippen LogP contribution in [-0.2, 0) is 0 Å².